The normalized spacial score (nSPS) is 15.2. The van der Waals surface area contributed by atoms with E-state index in [4.69, 9.17) is 25.9 Å². The van der Waals surface area contributed by atoms with Crippen LogP contribution in [-0.4, -0.2) is 25.7 Å². The van der Waals surface area contributed by atoms with Gasteiger partial charge < -0.3 is 20.9 Å². The largest absolute Gasteiger partial charge is 0.496 e. The number of rotatable bonds is 7. The monoisotopic (exact) mass is 375 g/mol. The van der Waals surface area contributed by atoms with E-state index in [1.807, 2.05) is 23.5 Å². The Morgan fingerprint density at radius 1 is 1.08 bits per heavy atom. The number of nitrogens with two attached hydrogens (primary N) is 2. The van der Waals surface area contributed by atoms with Gasteiger partial charge >= 0.3 is 0 Å². The zero-order valence-corrected chi connectivity index (χ0v) is 16.5. The highest BCUT2D eigenvalue weighted by Crippen LogP contribution is 2.45. The van der Waals surface area contributed by atoms with E-state index >= 15 is 0 Å². The van der Waals surface area contributed by atoms with E-state index in [1.54, 1.807) is 14.2 Å². The van der Waals surface area contributed by atoms with Gasteiger partial charge in [0, 0.05) is 29.0 Å². The number of ether oxygens (including phenoxy) is 2. The van der Waals surface area contributed by atoms with Crippen LogP contribution in [0.5, 0.6) is 11.5 Å². The summed E-state index contributed by atoms with van der Waals surface area (Å²) in [5.41, 5.74) is 14.6. The second-order valence-corrected chi connectivity index (χ2v) is 7.88. The lowest BCUT2D eigenvalue weighted by Gasteiger charge is -2.22. The highest BCUT2D eigenvalue weighted by atomic mass is 32.1. The summed E-state index contributed by atoms with van der Waals surface area (Å²) in [7, 11) is 3.37. The minimum absolute atomic E-state index is 0.408. The summed E-state index contributed by atoms with van der Waals surface area (Å²) < 4.78 is 11.2. The van der Waals surface area contributed by atoms with Gasteiger partial charge in [-0.1, -0.05) is 19.3 Å². The van der Waals surface area contributed by atoms with Crippen molar-refractivity contribution in [2.75, 3.05) is 20.8 Å². The predicted octanol–water partition coefficient (Wildman–Crippen LogP) is 3.83. The van der Waals surface area contributed by atoms with Crippen molar-refractivity contribution in [1.29, 1.82) is 0 Å². The molecule has 1 heterocycles. The van der Waals surface area contributed by atoms with E-state index in [9.17, 15) is 0 Å². The molecule has 0 radical (unpaired) electrons. The molecular weight excluding hydrogens is 346 g/mol. The minimum Gasteiger partial charge on any atom is -0.496 e. The highest BCUT2D eigenvalue weighted by Gasteiger charge is 2.25. The molecule has 2 aromatic rings. The molecule has 0 unspecified atom stereocenters. The summed E-state index contributed by atoms with van der Waals surface area (Å²) in [5, 5.41) is 1.10. The summed E-state index contributed by atoms with van der Waals surface area (Å²) in [4.78, 5) is 6.33. The van der Waals surface area contributed by atoms with Gasteiger partial charge in [-0.15, -0.1) is 11.3 Å². The van der Waals surface area contributed by atoms with E-state index < -0.39 is 0 Å². The van der Waals surface area contributed by atoms with Gasteiger partial charge in [0.25, 0.3) is 0 Å². The first-order valence-corrected chi connectivity index (χ1v) is 10.2. The van der Waals surface area contributed by atoms with Crippen LogP contribution in [0.3, 0.4) is 0 Å². The van der Waals surface area contributed by atoms with Crippen molar-refractivity contribution < 1.29 is 9.47 Å². The number of methoxy groups -OCH3 is 2. The number of hydrogen-bond acceptors (Lipinski definition) is 6. The van der Waals surface area contributed by atoms with E-state index in [1.165, 1.54) is 37.0 Å². The van der Waals surface area contributed by atoms with Crippen LogP contribution in [0.2, 0.25) is 0 Å². The molecule has 1 saturated carbocycles. The van der Waals surface area contributed by atoms with Crippen molar-refractivity contribution in [2.24, 2.45) is 11.5 Å². The second-order valence-electron chi connectivity index (χ2n) is 6.76. The first-order valence-electron chi connectivity index (χ1n) is 9.36. The van der Waals surface area contributed by atoms with Gasteiger partial charge in [0.2, 0.25) is 0 Å². The van der Waals surface area contributed by atoms with Crippen LogP contribution in [0.4, 0.5) is 0 Å². The second kappa shape index (κ2) is 8.84. The molecule has 0 bridgehead atoms. The van der Waals surface area contributed by atoms with Crippen molar-refractivity contribution in [3.8, 4) is 22.8 Å². The molecule has 4 N–H and O–H groups in total. The average Bonchev–Trinajstić information content (AvgIpc) is 3.11. The Labute approximate surface area is 159 Å². The highest BCUT2D eigenvalue weighted by molar-refractivity contribution is 7.12. The molecule has 5 nitrogen and oxygen atoms in total. The molecule has 0 saturated heterocycles. The van der Waals surface area contributed by atoms with Crippen LogP contribution in [0.15, 0.2) is 12.1 Å². The molecule has 0 atom stereocenters. The van der Waals surface area contributed by atoms with Crippen LogP contribution in [-0.2, 0) is 13.0 Å². The Hall–Kier alpha value is -1.63. The fraction of sp³-hybridized carbons (Fsp3) is 0.550. The Kier molecular flexibility index (Phi) is 6.51. The number of hydrogen-bond donors (Lipinski definition) is 2. The van der Waals surface area contributed by atoms with Crippen LogP contribution in [0, 0.1) is 0 Å². The molecule has 1 aliphatic carbocycles. The van der Waals surface area contributed by atoms with Gasteiger partial charge in [0.1, 0.15) is 11.5 Å². The van der Waals surface area contributed by atoms with Gasteiger partial charge in [0.15, 0.2) is 0 Å². The van der Waals surface area contributed by atoms with E-state index in [0.717, 1.165) is 39.7 Å². The van der Waals surface area contributed by atoms with Crippen molar-refractivity contribution in [3.05, 3.63) is 27.6 Å². The average molecular weight is 376 g/mol. The molecule has 142 valence electrons. The Morgan fingerprint density at radius 3 is 2.42 bits per heavy atom. The molecular formula is C20H29N3O2S. The summed E-state index contributed by atoms with van der Waals surface area (Å²) >= 11 is 1.82. The first-order chi connectivity index (χ1) is 12.7. The third-order valence-corrected chi connectivity index (χ3v) is 6.39. The van der Waals surface area contributed by atoms with Crippen molar-refractivity contribution in [3.63, 3.8) is 0 Å². The van der Waals surface area contributed by atoms with Gasteiger partial charge in [-0.25, -0.2) is 4.98 Å². The molecule has 26 heavy (non-hydrogen) atoms. The van der Waals surface area contributed by atoms with Crippen LogP contribution >= 0.6 is 11.3 Å². The van der Waals surface area contributed by atoms with Crippen molar-refractivity contribution in [1.82, 2.24) is 4.98 Å². The number of nitrogens with zero attached hydrogens (tertiary/aromatic N) is 1. The quantitative estimate of drug-likeness (QED) is 0.768. The molecule has 1 aromatic heterocycles. The number of thiazole rings is 1. The van der Waals surface area contributed by atoms with E-state index in [-0.39, 0.29) is 0 Å². The molecule has 1 fully saturated rings. The molecule has 1 aliphatic rings. The van der Waals surface area contributed by atoms with Gasteiger partial charge in [0.05, 0.1) is 24.9 Å². The Morgan fingerprint density at radius 2 is 1.81 bits per heavy atom. The summed E-state index contributed by atoms with van der Waals surface area (Å²) in [6.45, 7) is 1.02. The minimum atomic E-state index is 0.408. The van der Waals surface area contributed by atoms with Crippen molar-refractivity contribution in [2.45, 2.75) is 51.0 Å². The maximum Gasteiger partial charge on any atom is 0.128 e. The lowest BCUT2D eigenvalue weighted by atomic mass is 9.86. The fourth-order valence-corrected chi connectivity index (χ4v) is 5.01. The van der Waals surface area contributed by atoms with Gasteiger partial charge in [-0.2, -0.15) is 0 Å². The maximum atomic E-state index is 5.87. The van der Waals surface area contributed by atoms with E-state index in [2.05, 4.69) is 0 Å². The van der Waals surface area contributed by atoms with Crippen LogP contribution in [0.1, 0.15) is 53.5 Å². The lowest BCUT2D eigenvalue weighted by molar-refractivity contribution is 0.400. The van der Waals surface area contributed by atoms with Gasteiger partial charge in [-0.05, 0) is 37.4 Å². The molecule has 6 heteroatoms. The first kappa shape index (κ1) is 19.1. The third-order valence-electron chi connectivity index (χ3n) is 5.11. The van der Waals surface area contributed by atoms with Crippen LogP contribution in [0.25, 0.3) is 11.3 Å². The summed E-state index contributed by atoms with van der Waals surface area (Å²) in [6.07, 6.45) is 7.20. The number of benzene rings is 1. The fourth-order valence-electron chi connectivity index (χ4n) is 3.75. The molecule has 3 rings (SSSR count). The SMILES string of the molecule is COc1cc(-c2nc(CCN)sc2C2CCCCC2)c(OC)cc1CN. The molecule has 0 amide bonds. The van der Waals surface area contributed by atoms with Crippen molar-refractivity contribution >= 4 is 11.3 Å². The van der Waals surface area contributed by atoms with E-state index in [0.29, 0.717) is 19.0 Å². The zero-order valence-electron chi connectivity index (χ0n) is 15.7. The molecule has 1 aromatic carbocycles. The topological polar surface area (TPSA) is 83.4 Å². The smallest absolute Gasteiger partial charge is 0.128 e. The van der Waals surface area contributed by atoms with Crippen LogP contribution < -0.4 is 20.9 Å². The summed E-state index contributed by atoms with van der Waals surface area (Å²) in [5.74, 6) is 2.16. The Balaban J connectivity index is 2.12. The third kappa shape index (κ3) is 3.87. The predicted molar refractivity (Wildman–Crippen MR) is 107 cm³/mol. The van der Waals surface area contributed by atoms with Gasteiger partial charge in [-0.3, -0.25) is 0 Å². The Bertz CT molecular complexity index is 739. The summed E-state index contributed by atoms with van der Waals surface area (Å²) in [6, 6.07) is 4.00. The standard InChI is InChI=1S/C20H29N3O2S/c1-24-16-11-15(17(25-2)10-14(16)12-22)19-20(13-6-4-3-5-7-13)26-18(23-19)8-9-21/h10-11,13H,3-9,12,21-22H2,1-2H3. The number of aromatic nitrogens is 1. The zero-order chi connectivity index (χ0) is 18.5. The maximum absolute atomic E-state index is 5.87. The lowest BCUT2D eigenvalue weighted by Crippen LogP contribution is -2.05. The molecule has 0 spiro atoms. The molecule has 0 aliphatic heterocycles.